The molecule has 0 saturated heterocycles. The first-order valence-electron chi connectivity index (χ1n) is 5.63. The van der Waals surface area contributed by atoms with Crippen LogP contribution < -0.4 is 10.7 Å². The van der Waals surface area contributed by atoms with E-state index < -0.39 is 5.91 Å². The molecule has 0 radical (unpaired) electrons. The van der Waals surface area contributed by atoms with Crippen molar-refractivity contribution in [3.05, 3.63) is 46.1 Å². The van der Waals surface area contributed by atoms with Crippen LogP contribution in [-0.4, -0.2) is 20.7 Å². The predicted molar refractivity (Wildman–Crippen MR) is 67.7 cm³/mol. The average Bonchev–Trinajstić information content (AvgIpc) is 2.76. The molecule has 6 heteroatoms. The summed E-state index contributed by atoms with van der Waals surface area (Å²) >= 11 is 0. The van der Waals surface area contributed by atoms with Gasteiger partial charge in [0.15, 0.2) is 5.43 Å². The summed E-state index contributed by atoms with van der Waals surface area (Å²) in [5.41, 5.74) is 1.08. The molecule has 2 rings (SSSR count). The van der Waals surface area contributed by atoms with Gasteiger partial charge in [-0.25, -0.2) is 0 Å². The fourth-order valence-corrected chi connectivity index (χ4v) is 1.55. The van der Waals surface area contributed by atoms with Crippen molar-refractivity contribution in [1.82, 2.24) is 14.8 Å². The van der Waals surface area contributed by atoms with Crippen LogP contribution in [0.5, 0.6) is 0 Å². The van der Waals surface area contributed by atoms with Gasteiger partial charge in [0.2, 0.25) is 0 Å². The van der Waals surface area contributed by atoms with E-state index in [0.717, 1.165) is 12.2 Å². The number of hydrogen-bond donors (Lipinski definition) is 2. The number of nitrogens with zero attached hydrogens (tertiary/aromatic N) is 2. The van der Waals surface area contributed by atoms with Gasteiger partial charge in [-0.3, -0.25) is 14.3 Å². The van der Waals surface area contributed by atoms with Gasteiger partial charge in [-0.15, -0.1) is 0 Å². The highest BCUT2D eigenvalue weighted by molar-refractivity contribution is 6.03. The number of aromatic amines is 1. The van der Waals surface area contributed by atoms with Crippen molar-refractivity contribution < 1.29 is 4.79 Å². The van der Waals surface area contributed by atoms with E-state index in [9.17, 15) is 9.59 Å². The van der Waals surface area contributed by atoms with E-state index in [1.807, 2.05) is 6.92 Å². The van der Waals surface area contributed by atoms with Gasteiger partial charge in [-0.2, -0.15) is 5.10 Å². The van der Waals surface area contributed by atoms with Crippen molar-refractivity contribution in [3.8, 4) is 0 Å². The smallest absolute Gasteiger partial charge is 0.261 e. The molecule has 0 saturated carbocycles. The van der Waals surface area contributed by atoms with Gasteiger partial charge in [0, 0.05) is 30.7 Å². The Hall–Kier alpha value is -2.37. The van der Waals surface area contributed by atoms with Gasteiger partial charge < -0.3 is 10.3 Å². The first-order chi connectivity index (χ1) is 8.60. The Morgan fingerprint density at radius 2 is 2.33 bits per heavy atom. The second kappa shape index (κ2) is 4.87. The molecule has 0 fully saturated rings. The van der Waals surface area contributed by atoms with Crippen LogP contribution in [0.15, 0.2) is 29.5 Å². The summed E-state index contributed by atoms with van der Waals surface area (Å²) in [6.45, 7) is 4.43. The molecule has 2 heterocycles. The van der Waals surface area contributed by atoms with E-state index in [-0.39, 0.29) is 11.0 Å². The topological polar surface area (TPSA) is 79.8 Å². The number of hydrogen-bond acceptors (Lipinski definition) is 3. The second-order valence-corrected chi connectivity index (χ2v) is 3.93. The van der Waals surface area contributed by atoms with Crippen LogP contribution in [0, 0.1) is 6.92 Å². The SMILES string of the molecule is CCn1cc(NC(=O)c2c[nH]c(C)cc2=O)cn1. The zero-order valence-corrected chi connectivity index (χ0v) is 10.2. The standard InChI is InChI=1S/C12H14N4O2/c1-3-16-7-9(5-14-16)15-12(18)10-6-13-8(2)4-11(10)17/h4-7H,3H2,1-2H3,(H,13,17)(H,15,18). The maximum Gasteiger partial charge on any atom is 0.261 e. The Labute approximate surface area is 104 Å². The number of nitrogens with one attached hydrogen (secondary N) is 2. The Morgan fingerprint density at radius 1 is 1.56 bits per heavy atom. The van der Waals surface area contributed by atoms with E-state index in [2.05, 4.69) is 15.4 Å². The maximum atomic E-state index is 11.9. The van der Waals surface area contributed by atoms with Crippen LogP contribution in [0.25, 0.3) is 0 Å². The molecule has 94 valence electrons. The molecular weight excluding hydrogens is 232 g/mol. The third kappa shape index (κ3) is 2.48. The summed E-state index contributed by atoms with van der Waals surface area (Å²) < 4.78 is 1.69. The molecule has 0 aliphatic heterocycles. The summed E-state index contributed by atoms with van der Waals surface area (Å²) in [5.74, 6) is -0.438. The zero-order chi connectivity index (χ0) is 13.1. The third-order valence-corrected chi connectivity index (χ3v) is 2.52. The van der Waals surface area contributed by atoms with Crippen molar-refractivity contribution in [1.29, 1.82) is 0 Å². The summed E-state index contributed by atoms with van der Waals surface area (Å²) in [5, 5.41) is 6.66. The number of aryl methyl sites for hydroxylation is 2. The van der Waals surface area contributed by atoms with Crippen LogP contribution in [0.3, 0.4) is 0 Å². The minimum Gasteiger partial charge on any atom is -0.364 e. The number of H-pyrrole nitrogens is 1. The Morgan fingerprint density at radius 3 is 2.94 bits per heavy atom. The summed E-state index contributed by atoms with van der Waals surface area (Å²) in [4.78, 5) is 26.3. The highest BCUT2D eigenvalue weighted by atomic mass is 16.2. The average molecular weight is 246 g/mol. The molecule has 6 nitrogen and oxygen atoms in total. The van der Waals surface area contributed by atoms with Gasteiger partial charge in [0.25, 0.3) is 5.91 Å². The van der Waals surface area contributed by atoms with Crippen LogP contribution in [0.4, 0.5) is 5.69 Å². The predicted octanol–water partition coefficient (Wildman–Crippen LogP) is 1.15. The molecule has 0 aromatic carbocycles. The lowest BCUT2D eigenvalue weighted by Gasteiger charge is -2.02. The van der Waals surface area contributed by atoms with Gasteiger partial charge in [-0.1, -0.05) is 0 Å². The zero-order valence-electron chi connectivity index (χ0n) is 10.2. The highest BCUT2D eigenvalue weighted by Gasteiger charge is 2.11. The molecule has 18 heavy (non-hydrogen) atoms. The number of pyridine rings is 1. The first kappa shape index (κ1) is 12.1. The minimum absolute atomic E-state index is 0.0878. The lowest BCUT2D eigenvalue weighted by atomic mass is 10.2. The monoisotopic (exact) mass is 246 g/mol. The molecule has 1 amide bonds. The van der Waals surface area contributed by atoms with Crippen LogP contribution in [-0.2, 0) is 6.54 Å². The summed E-state index contributed by atoms with van der Waals surface area (Å²) in [7, 11) is 0. The van der Waals surface area contributed by atoms with Crippen LogP contribution in [0.1, 0.15) is 23.0 Å². The quantitative estimate of drug-likeness (QED) is 0.852. The van der Waals surface area contributed by atoms with Gasteiger partial charge in [-0.05, 0) is 13.8 Å². The van der Waals surface area contributed by atoms with E-state index >= 15 is 0 Å². The van der Waals surface area contributed by atoms with Crippen molar-refractivity contribution >= 4 is 11.6 Å². The number of carbonyl (C=O) groups is 1. The second-order valence-electron chi connectivity index (χ2n) is 3.93. The number of rotatable bonds is 3. The van der Waals surface area contributed by atoms with Crippen molar-refractivity contribution in [2.24, 2.45) is 0 Å². The van der Waals surface area contributed by atoms with E-state index in [0.29, 0.717) is 5.69 Å². The van der Waals surface area contributed by atoms with Crippen molar-refractivity contribution in [2.45, 2.75) is 20.4 Å². The molecule has 0 spiro atoms. The number of anilines is 1. The molecule has 0 aliphatic carbocycles. The van der Waals surface area contributed by atoms with Crippen molar-refractivity contribution in [2.75, 3.05) is 5.32 Å². The Bertz CT molecular complexity index is 627. The third-order valence-electron chi connectivity index (χ3n) is 2.52. The van der Waals surface area contributed by atoms with Crippen LogP contribution >= 0.6 is 0 Å². The maximum absolute atomic E-state index is 11.9. The normalized spacial score (nSPS) is 10.3. The lowest BCUT2D eigenvalue weighted by Crippen LogP contribution is -2.21. The van der Waals surface area contributed by atoms with E-state index in [4.69, 9.17) is 0 Å². The van der Waals surface area contributed by atoms with E-state index in [1.54, 1.807) is 24.0 Å². The first-order valence-corrected chi connectivity index (χ1v) is 5.63. The van der Waals surface area contributed by atoms with Crippen molar-refractivity contribution in [3.63, 3.8) is 0 Å². The fraction of sp³-hybridized carbons (Fsp3) is 0.250. The van der Waals surface area contributed by atoms with Gasteiger partial charge in [0.1, 0.15) is 5.56 Å². The molecular formula is C12H14N4O2. The number of amides is 1. The summed E-state index contributed by atoms with van der Waals surface area (Å²) in [6.07, 6.45) is 4.67. The van der Waals surface area contributed by atoms with Gasteiger partial charge >= 0.3 is 0 Å². The van der Waals surface area contributed by atoms with Crippen LogP contribution in [0.2, 0.25) is 0 Å². The molecule has 2 aromatic heterocycles. The Balaban J connectivity index is 2.19. The molecule has 0 unspecified atom stereocenters. The lowest BCUT2D eigenvalue weighted by molar-refractivity contribution is 0.102. The summed E-state index contributed by atoms with van der Waals surface area (Å²) in [6, 6.07) is 1.39. The molecule has 0 aliphatic rings. The van der Waals surface area contributed by atoms with Gasteiger partial charge in [0.05, 0.1) is 11.9 Å². The molecule has 2 N–H and O–H groups in total. The highest BCUT2D eigenvalue weighted by Crippen LogP contribution is 2.06. The largest absolute Gasteiger partial charge is 0.364 e. The molecule has 0 bridgehead atoms. The number of carbonyl (C=O) groups excluding carboxylic acids is 1. The molecule has 2 aromatic rings. The van der Waals surface area contributed by atoms with E-state index in [1.165, 1.54) is 12.3 Å². The minimum atomic E-state index is -0.438. The number of aromatic nitrogens is 3. The Kier molecular flexibility index (Phi) is 3.27. The molecule has 0 atom stereocenters. The fourth-order valence-electron chi connectivity index (χ4n) is 1.55.